The van der Waals surface area contributed by atoms with Crippen molar-refractivity contribution in [2.45, 2.75) is 44.8 Å². The number of benzene rings is 2. The summed E-state index contributed by atoms with van der Waals surface area (Å²) in [5, 5.41) is 0. The zero-order chi connectivity index (χ0) is 15.0. The molecule has 0 saturated carbocycles. The summed E-state index contributed by atoms with van der Waals surface area (Å²) in [4.78, 5) is 0. The Bertz CT molecular complexity index is 625. The molecule has 0 bridgehead atoms. The molecule has 0 aliphatic carbocycles. The van der Waals surface area contributed by atoms with Crippen LogP contribution in [-0.2, 0) is 5.41 Å². The molecular formula is C19H23NO. The van der Waals surface area contributed by atoms with E-state index >= 15 is 0 Å². The molecule has 1 aliphatic rings. The molecule has 2 heteroatoms. The molecule has 2 nitrogen and oxygen atoms in total. The van der Waals surface area contributed by atoms with E-state index in [1.807, 2.05) is 18.2 Å². The van der Waals surface area contributed by atoms with Crippen molar-refractivity contribution in [1.82, 2.24) is 0 Å². The second-order valence-corrected chi connectivity index (χ2v) is 6.86. The maximum Gasteiger partial charge on any atom is 0.126 e. The molecule has 110 valence electrons. The lowest BCUT2D eigenvalue weighted by atomic mass is 9.85. The summed E-state index contributed by atoms with van der Waals surface area (Å²) < 4.78 is 6.13. The highest BCUT2D eigenvalue weighted by Crippen LogP contribution is 2.39. The molecule has 1 aliphatic heterocycles. The number of nitrogens with two attached hydrogens (primary N) is 1. The molecule has 0 fully saturated rings. The van der Waals surface area contributed by atoms with Crippen LogP contribution in [0, 0.1) is 0 Å². The van der Waals surface area contributed by atoms with Crippen molar-refractivity contribution in [1.29, 1.82) is 0 Å². The van der Waals surface area contributed by atoms with Crippen molar-refractivity contribution in [3.8, 4) is 5.75 Å². The van der Waals surface area contributed by atoms with Crippen LogP contribution in [0.15, 0.2) is 48.5 Å². The van der Waals surface area contributed by atoms with Crippen molar-refractivity contribution in [2.75, 3.05) is 0 Å². The summed E-state index contributed by atoms with van der Waals surface area (Å²) in [5.74, 6) is 0.918. The van der Waals surface area contributed by atoms with Crippen LogP contribution in [-0.4, -0.2) is 0 Å². The quantitative estimate of drug-likeness (QED) is 0.834. The first-order valence-corrected chi connectivity index (χ1v) is 7.57. The molecule has 0 amide bonds. The van der Waals surface area contributed by atoms with Crippen molar-refractivity contribution in [2.24, 2.45) is 5.73 Å². The largest absolute Gasteiger partial charge is 0.485 e. The molecule has 0 radical (unpaired) electrons. The van der Waals surface area contributed by atoms with Gasteiger partial charge in [0, 0.05) is 18.0 Å². The third kappa shape index (κ3) is 2.81. The third-order valence-corrected chi connectivity index (χ3v) is 4.20. The monoisotopic (exact) mass is 281 g/mol. The molecule has 2 aromatic rings. The molecule has 0 saturated heterocycles. The summed E-state index contributed by atoms with van der Waals surface area (Å²) in [5.41, 5.74) is 10.1. The Morgan fingerprint density at radius 2 is 1.67 bits per heavy atom. The zero-order valence-electron chi connectivity index (χ0n) is 13.0. The van der Waals surface area contributed by atoms with Crippen LogP contribution in [0.5, 0.6) is 5.75 Å². The highest BCUT2D eigenvalue weighted by atomic mass is 16.5. The molecule has 1 unspecified atom stereocenters. The van der Waals surface area contributed by atoms with Gasteiger partial charge >= 0.3 is 0 Å². The number of ether oxygens (including phenoxy) is 1. The molecule has 1 heterocycles. The van der Waals surface area contributed by atoms with Crippen LogP contribution in [0.4, 0.5) is 0 Å². The highest BCUT2D eigenvalue weighted by molar-refractivity contribution is 5.39. The Morgan fingerprint density at radius 1 is 1.00 bits per heavy atom. The smallest absolute Gasteiger partial charge is 0.126 e. The topological polar surface area (TPSA) is 35.2 Å². The van der Waals surface area contributed by atoms with E-state index in [4.69, 9.17) is 10.5 Å². The summed E-state index contributed by atoms with van der Waals surface area (Å²) in [7, 11) is 0. The predicted molar refractivity (Wildman–Crippen MR) is 86.5 cm³/mol. The van der Waals surface area contributed by atoms with E-state index in [2.05, 4.69) is 51.1 Å². The van der Waals surface area contributed by atoms with Gasteiger partial charge < -0.3 is 10.5 Å². The average Bonchev–Trinajstić information content (AvgIpc) is 2.46. The molecule has 0 aromatic heterocycles. The Morgan fingerprint density at radius 3 is 2.33 bits per heavy atom. The van der Waals surface area contributed by atoms with Gasteiger partial charge in [0.1, 0.15) is 11.9 Å². The second kappa shape index (κ2) is 5.19. The first-order valence-electron chi connectivity index (χ1n) is 7.57. The maximum atomic E-state index is 6.29. The van der Waals surface area contributed by atoms with Crippen LogP contribution in [0.2, 0.25) is 0 Å². The number of hydrogen-bond acceptors (Lipinski definition) is 2. The minimum Gasteiger partial charge on any atom is -0.485 e. The first-order chi connectivity index (χ1) is 9.95. The van der Waals surface area contributed by atoms with Gasteiger partial charge in [0.25, 0.3) is 0 Å². The van der Waals surface area contributed by atoms with Crippen LogP contribution in [0.25, 0.3) is 0 Å². The first kappa shape index (κ1) is 14.2. The summed E-state index contributed by atoms with van der Waals surface area (Å²) >= 11 is 0. The highest BCUT2D eigenvalue weighted by Gasteiger charge is 2.27. The van der Waals surface area contributed by atoms with Gasteiger partial charge in [0.15, 0.2) is 0 Å². The van der Waals surface area contributed by atoms with Gasteiger partial charge in [-0.1, -0.05) is 63.2 Å². The van der Waals surface area contributed by atoms with Crippen LogP contribution >= 0.6 is 0 Å². The van der Waals surface area contributed by atoms with Crippen molar-refractivity contribution >= 4 is 0 Å². The van der Waals surface area contributed by atoms with E-state index in [-0.39, 0.29) is 17.6 Å². The molecule has 21 heavy (non-hydrogen) atoms. The standard InChI is InChI=1S/C19H23NO/c1-19(2,3)14-10-8-13(9-11-14)18-12-16(20)15-6-4-5-7-17(15)21-18/h4-11,16,18H,12,20H2,1-3H3/t16-,18?/m1/s1. The number of fused-ring (bicyclic) bond motifs is 1. The van der Waals surface area contributed by atoms with Gasteiger partial charge in [-0.15, -0.1) is 0 Å². The van der Waals surface area contributed by atoms with E-state index in [1.54, 1.807) is 0 Å². The maximum absolute atomic E-state index is 6.29. The summed E-state index contributed by atoms with van der Waals surface area (Å²) in [6, 6.07) is 16.9. The van der Waals surface area contributed by atoms with Crippen molar-refractivity contribution < 1.29 is 4.74 Å². The third-order valence-electron chi connectivity index (χ3n) is 4.20. The zero-order valence-corrected chi connectivity index (χ0v) is 13.0. The van der Waals surface area contributed by atoms with Crippen molar-refractivity contribution in [3.63, 3.8) is 0 Å². The van der Waals surface area contributed by atoms with Gasteiger partial charge in [-0.05, 0) is 22.6 Å². The van der Waals surface area contributed by atoms with Crippen LogP contribution < -0.4 is 10.5 Å². The number of para-hydroxylation sites is 1. The Hall–Kier alpha value is -1.80. The second-order valence-electron chi connectivity index (χ2n) is 6.86. The number of hydrogen-bond donors (Lipinski definition) is 1. The fraction of sp³-hybridized carbons (Fsp3) is 0.368. The SMILES string of the molecule is CC(C)(C)c1ccc(C2C[C@@H](N)c3ccccc3O2)cc1. The molecular weight excluding hydrogens is 258 g/mol. The van der Waals surface area contributed by atoms with Gasteiger partial charge in [0.05, 0.1) is 0 Å². The fourth-order valence-corrected chi connectivity index (χ4v) is 2.86. The minimum absolute atomic E-state index is 0.0437. The summed E-state index contributed by atoms with van der Waals surface area (Å²) in [6.07, 6.45) is 0.871. The minimum atomic E-state index is 0.0437. The lowest BCUT2D eigenvalue weighted by Crippen LogP contribution is -2.24. The average molecular weight is 281 g/mol. The van der Waals surface area contributed by atoms with E-state index in [0.29, 0.717) is 0 Å². The van der Waals surface area contributed by atoms with Gasteiger partial charge in [-0.25, -0.2) is 0 Å². The normalized spacial score (nSPS) is 21.5. The lowest BCUT2D eigenvalue weighted by Gasteiger charge is -2.31. The van der Waals surface area contributed by atoms with Crippen LogP contribution in [0.3, 0.4) is 0 Å². The molecule has 2 aromatic carbocycles. The van der Waals surface area contributed by atoms with Crippen molar-refractivity contribution in [3.05, 3.63) is 65.2 Å². The molecule has 2 atom stereocenters. The predicted octanol–water partition coefficient (Wildman–Crippen LogP) is 4.51. The van der Waals surface area contributed by atoms with Gasteiger partial charge in [-0.2, -0.15) is 0 Å². The van der Waals surface area contributed by atoms with Gasteiger partial charge in [-0.3, -0.25) is 0 Å². The Balaban J connectivity index is 1.86. The molecule has 3 rings (SSSR count). The van der Waals surface area contributed by atoms with Crippen LogP contribution in [0.1, 0.15) is 56.0 Å². The summed E-state index contributed by atoms with van der Waals surface area (Å²) in [6.45, 7) is 6.68. The molecule has 2 N–H and O–H groups in total. The Labute approximate surface area is 126 Å². The lowest BCUT2D eigenvalue weighted by molar-refractivity contribution is 0.161. The number of rotatable bonds is 1. The fourth-order valence-electron chi connectivity index (χ4n) is 2.86. The Kier molecular flexibility index (Phi) is 3.50. The van der Waals surface area contributed by atoms with E-state index in [0.717, 1.165) is 17.7 Å². The molecule has 0 spiro atoms. The van der Waals surface area contributed by atoms with E-state index in [1.165, 1.54) is 11.1 Å². The van der Waals surface area contributed by atoms with E-state index in [9.17, 15) is 0 Å². The van der Waals surface area contributed by atoms with E-state index < -0.39 is 0 Å². The van der Waals surface area contributed by atoms with Gasteiger partial charge in [0.2, 0.25) is 0 Å².